The van der Waals surface area contributed by atoms with Crippen molar-refractivity contribution in [1.29, 1.82) is 0 Å². The number of piperidine rings is 3. The number of nitrogens with one attached hydrogen (secondary N) is 2. The Morgan fingerprint density at radius 1 is 1.11 bits per heavy atom. The number of aliphatic imine (C=N–C) groups is 1. The molecule has 5 heterocycles. The van der Waals surface area contributed by atoms with Gasteiger partial charge in [0.15, 0.2) is 17.5 Å². The molecule has 12 heteroatoms. The molecule has 0 amide bonds. The number of aryl methyl sites for hydroxylation is 1. The second-order valence-corrected chi connectivity index (χ2v) is 13.7. The smallest absolute Gasteiger partial charge is 0.302 e. The molecule has 0 aromatic heterocycles. The molecule has 45 heavy (non-hydrogen) atoms. The maximum Gasteiger partial charge on any atom is 0.302 e. The number of esters is 1. The molecule has 252 valence electrons. The van der Waals surface area contributed by atoms with E-state index in [9.17, 15) is 20.1 Å². The van der Waals surface area contributed by atoms with Crippen molar-refractivity contribution in [2.75, 3.05) is 59.0 Å². The summed E-state index contributed by atoms with van der Waals surface area (Å²) in [6.45, 7) is 8.86. The summed E-state index contributed by atoms with van der Waals surface area (Å²) in [6, 6.07) is 5.36. The fraction of sp³-hybridized carbons (Fsp3) is 0.758. The lowest BCUT2D eigenvalue weighted by molar-refractivity contribution is -0.148. The standard InChI is InChI=1S/C33H54N6O6/c1-22(40)44-29(6-2-23-3-7-30(42)32(13-23)45-28-8-10-35-11-9-28)14-27(41)5-4-26-15-36-33(34)37-21-39-18-24-12-25(19-39)17-38(16-24)20-31(26)43/h3,7,13,24-29,31,35,41-43H,2,4-6,8-12,14-21H2,1H3,(H3,34,36,37)/t24-,25+,26-,27-,29+,31-/m0/s1. The van der Waals surface area contributed by atoms with Crippen LogP contribution in [0.1, 0.15) is 57.4 Å². The number of aliphatic hydroxyl groups excluding tert-OH is 2. The maximum atomic E-state index is 11.9. The highest BCUT2D eigenvalue weighted by Gasteiger charge is 2.36. The van der Waals surface area contributed by atoms with Gasteiger partial charge >= 0.3 is 5.97 Å². The Morgan fingerprint density at radius 2 is 1.84 bits per heavy atom. The zero-order chi connectivity index (χ0) is 31.8. The van der Waals surface area contributed by atoms with Gasteiger partial charge in [0.2, 0.25) is 0 Å². The first-order valence-electron chi connectivity index (χ1n) is 16.9. The number of rotatable bonds is 11. The van der Waals surface area contributed by atoms with Gasteiger partial charge in [-0.25, -0.2) is 4.99 Å². The number of hydrogen-bond acceptors (Lipinski definition) is 12. The van der Waals surface area contributed by atoms with Gasteiger partial charge in [-0.1, -0.05) is 6.07 Å². The van der Waals surface area contributed by atoms with E-state index in [2.05, 4.69) is 25.4 Å². The number of phenolic OH excluding ortho intramolecular Hbond substituents is 1. The first kappa shape index (κ1) is 33.7. The van der Waals surface area contributed by atoms with Gasteiger partial charge in [-0.3, -0.25) is 9.69 Å². The van der Waals surface area contributed by atoms with Gasteiger partial charge in [-0.05, 0) is 87.6 Å². The highest BCUT2D eigenvalue weighted by atomic mass is 16.5. The average Bonchev–Trinajstić information content (AvgIpc) is 3.00. The van der Waals surface area contributed by atoms with Crippen LogP contribution in [-0.4, -0.2) is 120 Å². The molecule has 8 atom stereocenters. The maximum absolute atomic E-state index is 11.9. The molecule has 0 radical (unpaired) electrons. The van der Waals surface area contributed by atoms with Crippen LogP contribution in [0.15, 0.2) is 23.2 Å². The van der Waals surface area contributed by atoms with Gasteiger partial charge in [0.1, 0.15) is 12.2 Å². The molecule has 5 aliphatic rings. The van der Waals surface area contributed by atoms with Crippen LogP contribution in [0, 0.1) is 17.8 Å². The third kappa shape index (κ3) is 10.4. The average molecular weight is 631 g/mol. The van der Waals surface area contributed by atoms with Crippen molar-refractivity contribution in [1.82, 2.24) is 20.4 Å². The zero-order valence-electron chi connectivity index (χ0n) is 26.8. The predicted molar refractivity (Wildman–Crippen MR) is 172 cm³/mol. The minimum Gasteiger partial charge on any atom is -0.504 e. The van der Waals surface area contributed by atoms with Gasteiger partial charge in [-0.2, -0.15) is 0 Å². The molecule has 3 saturated heterocycles. The Labute approximate surface area is 267 Å². The molecule has 5 aliphatic heterocycles. The number of aromatic hydroxyl groups is 1. The summed E-state index contributed by atoms with van der Waals surface area (Å²) in [5, 5.41) is 39.3. The van der Waals surface area contributed by atoms with E-state index in [1.54, 1.807) is 6.07 Å². The molecule has 1 aromatic carbocycles. The van der Waals surface area contributed by atoms with Gasteiger partial charge in [0, 0.05) is 58.5 Å². The van der Waals surface area contributed by atoms with E-state index in [0.29, 0.717) is 75.4 Å². The van der Waals surface area contributed by atoms with Crippen LogP contribution in [0.3, 0.4) is 0 Å². The molecule has 0 spiro atoms. The van der Waals surface area contributed by atoms with E-state index in [1.807, 2.05) is 12.1 Å². The van der Waals surface area contributed by atoms with Gasteiger partial charge in [0.25, 0.3) is 0 Å². The molecule has 6 rings (SSSR count). The van der Waals surface area contributed by atoms with Crippen LogP contribution in [0.4, 0.5) is 0 Å². The molecular formula is C33H54N6O6. The van der Waals surface area contributed by atoms with Crippen molar-refractivity contribution in [3.8, 4) is 11.5 Å². The number of benzene rings is 1. The van der Waals surface area contributed by atoms with E-state index in [4.69, 9.17) is 15.2 Å². The zero-order valence-corrected chi connectivity index (χ0v) is 26.8. The fourth-order valence-electron chi connectivity index (χ4n) is 7.59. The number of nitrogens with two attached hydrogens (primary N) is 1. The number of carbonyl (C=O) groups excluding carboxylic acids is 1. The van der Waals surface area contributed by atoms with Crippen molar-refractivity contribution in [3.63, 3.8) is 0 Å². The van der Waals surface area contributed by atoms with Crippen molar-refractivity contribution in [3.05, 3.63) is 23.8 Å². The Balaban J connectivity index is 1.15. The third-order valence-corrected chi connectivity index (χ3v) is 9.81. The molecule has 2 unspecified atom stereocenters. The number of nitrogens with zero attached hydrogens (tertiary/aromatic N) is 3. The monoisotopic (exact) mass is 630 g/mol. The summed E-state index contributed by atoms with van der Waals surface area (Å²) >= 11 is 0. The summed E-state index contributed by atoms with van der Waals surface area (Å²) in [5.41, 5.74) is 7.16. The van der Waals surface area contributed by atoms with E-state index in [0.717, 1.165) is 57.7 Å². The number of hydrogen-bond donors (Lipinski definition) is 6. The van der Waals surface area contributed by atoms with Crippen LogP contribution in [-0.2, 0) is 16.0 Å². The second kappa shape index (κ2) is 16.3. The molecule has 1 aromatic rings. The largest absolute Gasteiger partial charge is 0.504 e. The fourth-order valence-corrected chi connectivity index (χ4v) is 7.59. The number of guanidine groups is 1. The van der Waals surface area contributed by atoms with Crippen LogP contribution < -0.4 is 21.1 Å². The molecule has 0 aliphatic carbocycles. The molecule has 4 bridgehead atoms. The first-order chi connectivity index (χ1) is 21.7. The van der Waals surface area contributed by atoms with Crippen molar-refractivity contribution >= 4 is 11.9 Å². The highest BCUT2D eigenvalue weighted by Crippen LogP contribution is 2.31. The van der Waals surface area contributed by atoms with E-state index < -0.39 is 18.3 Å². The van der Waals surface area contributed by atoms with E-state index in [-0.39, 0.29) is 23.7 Å². The van der Waals surface area contributed by atoms with Gasteiger partial charge < -0.3 is 46.1 Å². The van der Waals surface area contributed by atoms with Crippen LogP contribution >= 0.6 is 0 Å². The van der Waals surface area contributed by atoms with E-state index >= 15 is 0 Å². The lowest BCUT2D eigenvalue weighted by Crippen LogP contribution is -2.54. The molecule has 12 nitrogen and oxygen atoms in total. The third-order valence-electron chi connectivity index (χ3n) is 9.81. The normalized spacial score (nSPS) is 30.6. The Morgan fingerprint density at radius 3 is 2.58 bits per heavy atom. The van der Waals surface area contributed by atoms with E-state index in [1.165, 1.54) is 13.3 Å². The summed E-state index contributed by atoms with van der Waals surface area (Å²) in [4.78, 5) is 21.3. The minimum atomic E-state index is -0.699. The van der Waals surface area contributed by atoms with Crippen LogP contribution in [0.25, 0.3) is 0 Å². The van der Waals surface area contributed by atoms with Crippen LogP contribution in [0.2, 0.25) is 0 Å². The number of aliphatic hydroxyl groups is 2. The van der Waals surface area contributed by atoms with Crippen molar-refractivity contribution < 1.29 is 29.6 Å². The Hall–Kier alpha value is -2.64. The number of ether oxygens (including phenoxy) is 2. The summed E-state index contributed by atoms with van der Waals surface area (Å²) in [6.07, 6.45) is 3.87. The Kier molecular flexibility index (Phi) is 12.2. The quantitative estimate of drug-likeness (QED) is 0.194. The lowest BCUT2D eigenvalue weighted by Gasteiger charge is -2.46. The first-order valence-corrected chi connectivity index (χ1v) is 16.9. The topological polar surface area (TPSA) is 165 Å². The minimum absolute atomic E-state index is 0.0687. The van der Waals surface area contributed by atoms with Crippen molar-refractivity contribution in [2.45, 2.75) is 82.7 Å². The predicted octanol–water partition coefficient (Wildman–Crippen LogP) is 1.02. The molecule has 3 fully saturated rings. The summed E-state index contributed by atoms with van der Waals surface area (Å²) < 4.78 is 11.7. The summed E-state index contributed by atoms with van der Waals surface area (Å²) in [7, 11) is 0. The lowest BCUT2D eigenvalue weighted by atomic mass is 9.84. The molecule has 7 N–H and O–H groups in total. The van der Waals surface area contributed by atoms with Crippen LogP contribution in [0.5, 0.6) is 11.5 Å². The van der Waals surface area contributed by atoms with Gasteiger partial charge in [-0.15, -0.1) is 0 Å². The highest BCUT2D eigenvalue weighted by molar-refractivity contribution is 5.77. The number of carbonyl (C=O) groups is 1. The summed E-state index contributed by atoms with van der Waals surface area (Å²) in [5.74, 6) is 1.65. The number of fused-ring (bicyclic) bond motifs is 6. The molecular weight excluding hydrogens is 576 g/mol. The SMILES string of the molecule is CC(=O)O[C@H](CCc1ccc(O)c(OC2CCNCC2)c1)C[C@@H](O)CC[C@H]1CNC(N)=NCN2C[C@H]3C[C@@H](C2)CN(C3)C[C@@H]1O. The molecule has 0 saturated carbocycles. The number of phenols is 1. The Bertz CT molecular complexity index is 1120. The van der Waals surface area contributed by atoms with Crippen molar-refractivity contribution in [2.24, 2.45) is 28.5 Å². The van der Waals surface area contributed by atoms with Gasteiger partial charge in [0.05, 0.1) is 18.9 Å². The second-order valence-electron chi connectivity index (χ2n) is 13.7.